The van der Waals surface area contributed by atoms with Gasteiger partial charge in [-0.3, -0.25) is 14.2 Å². The van der Waals surface area contributed by atoms with Crippen molar-refractivity contribution < 1.29 is 24.5 Å². The molecule has 190 valence electrons. The van der Waals surface area contributed by atoms with E-state index in [1.54, 1.807) is 0 Å². The summed E-state index contributed by atoms with van der Waals surface area (Å²) in [5.74, 6) is -1.56. The second kappa shape index (κ2) is 10.7. The molecule has 1 aliphatic carbocycles. The number of esters is 1. The highest BCUT2D eigenvalue weighted by Gasteiger charge is 2.33. The summed E-state index contributed by atoms with van der Waals surface area (Å²) in [5.41, 5.74) is -4.72. The predicted octanol–water partition coefficient (Wildman–Crippen LogP) is 0.787. The molecule has 1 amide bonds. The Balaban J connectivity index is 1.89. The zero-order chi connectivity index (χ0) is 25.8. The SMILES string of the molecule is COC(=O)C(C)(O)Cn1c(=O)cnn(-c2ccc(Cl)c(C(=O)NCC3(O)CCCCCC3)c2)c1=O. The molecule has 1 aromatic carbocycles. The first kappa shape index (κ1) is 26.6. The molecule has 3 rings (SSSR count). The number of hydrogen-bond acceptors (Lipinski definition) is 8. The quantitative estimate of drug-likeness (QED) is 0.366. The van der Waals surface area contributed by atoms with Crippen LogP contribution >= 0.6 is 11.6 Å². The number of carbonyl (C=O) groups is 2. The van der Waals surface area contributed by atoms with Crippen molar-refractivity contribution in [1.29, 1.82) is 0 Å². The number of amides is 1. The highest BCUT2D eigenvalue weighted by molar-refractivity contribution is 6.33. The summed E-state index contributed by atoms with van der Waals surface area (Å²) in [4.78, 5) is 49.9. The van der Waals surface area contributed by atoms with E-state index in [-0.39, 0.29) is 22.8 Å². The zero-order valence-corrected chi connectivity index (χ0v) is 20.4. The van der Waals surface area contributed by atoms with Gasteiger partial charge in [-0.15, -0.1) is 0 Å². The van der Waals surface area contributed by atoms with E-state index in [2.05, 4.69) is 15.2 Å². The van der Waals surface area contributed by atoms with Crippen LogP contribution in [0.1, 0.15) is 55.8 Å². The largest absolute Gasteiger partial charge is 0.467 e. The average Bonchev–Trinajstić information content (AvgIpc) is 3.05. The smallest absolute Gasteiger partial charge is 0.352 e. The number of halogens is 1. The third-order valence-electron chi connectivity index (χ3n) is 6.10. The van der Waals surface area contributed by atoms with Crippen LogP contribution in [0.25, 0.3) is 5.69 Å². The van der Waals surface area contributed by atoms with E-state index in [0.29, 0.717) is 17.4 Å². The maximum Gasteiger partial charge on any atom is 0.352 e. The van der Waals surface area contributed by atoms with Crippen LogP contribution in [0.2, 0.25) is 5.02 Å². The molecule has 1 aromatic heterocycles. The van der Waals surface area contributed by atoms with Gasteiger partial charge in [0.2, 0.25) is 0 Å². The average molecular weight is 509 g/mol. The zero-order valence-electron chi connectivity index (χ0n) is 19.6. The molecule has 0 saturated heterocycles. The molecular weight excluding hydrogens is 480 g/mol. The van der Waals surface area contributed by atoms with Gasteiger partial charge in [0, 0.05) is 6.54 Å². The van der Waals surface area contributed by atoms with E-state index < -0.39 is 40.9 Å². The Bertz CT molecular complexity index is 1210. The third-order valence-corrected chi connectivity index (χ3v) is 6.43. The van der Waals surface area contributed by atoms with Gasteiger partial charge in [-0.05, 0) is 38.0 Å². The minimum atomic E-state index is -2.14. The molecule has 1 saturated carbocycles. The maximum atomic E-state index is 13.0. The summed E-state index contributed by atoms with van der Waals surface area (Å²) in [5, 5.41) is 27.8. The number of carbonyl (C=O) groups excluding carboxylic acids is 2. The number of hydrogen-bond donors (Lipinski definition) is 3. The molecule has 0 bridgehead atoms. The van der Waals surface area contributed by atoms with Crippen molar-refractivity contribution in [3.8, 4) is 5.69 Å². The topological polar surface area (TPSA) is 153 Å². The molecule has 1 fully saturated rings. The van der Waals surface area contributed by atoms with Gasteiger partial charge >= 0.3 is 11.7 Å². The van der Waals surface area contributed by atoms with Crippen molar-refractivity contribution in [2.45, 2.75) is 63.2 Å². The Morgan fingerprint density at radius 1 is 1.23 bits per heavy atom. The predicted molar refractivity (Wildman–Crippen MR) is 127 cm³/mol. The summed E-state index contributed by atoms with van der Waals surface area (Å²) >= 11 is 6.22. The van der Waals surface area contributed by atoms with Crippen LogP contribution < -0.4 is 16.6 Å². The molecule has 1 heterocycles. The van der Waals surface area contributed by atoms with Crippen molar-refractivity contribution >= 4 is 23.5 Å². The molecule has 1 aliphatic rings. The van der Waals surface area contributed by atoms with Gasteiger partial charge in [-0.1, -0.05) is 37.3 Å². The van der Waals surface area contributed by atoms with Gasteiger partial charge in [-0.25, -0.2) is 9.59 Å². The fourth-order valence-corrected chi connectivity index (χ4v) is 4.28. The monoisotopic (exact) mass is 508 g/mol. The maximum absolute atomic E-state index is 13.0. The number of ether oxygens (including phenoxy) is 1. The summed E-state index contributed by atoms with van der Waals surface area (Å²) in [6, 6.07) is 4.16. The van der Waals surface area contributed by atoms with E-state index in [1.807, 2.05) is 0 Å². The van der Waals surface area contributed by atoms with Crippen LogP contribution in [0, 0.1) is 0 Å². The van der Waals surface area contributed by atoms with Crippen molar-refractivity contribution in [2.24, 2.45) is 0 Å². The van der Waals surface area contributed by atoms with Gasteiger partial charge < -0.3 is 20.3 Å². The van der Waals surface area contributed by atoms with Crippen LogP contribution in [-0.2, 0) is 16.1 Å². The van der Waals surface area contributed by atoms with Crippen molar-refractivity contribution in [2.75, 3.05) is 13.7 Å². The number of aliphatic hydroxyl groups is 2. The summed E-state index contributed by atoms with van der Waals surface area (Å²) in [6.07, 6.45) is 5.90. The van der Waals surface area contributed by atoms with Crippen LogP contribution in [0.15, 0.2) is 34.0 Å². The van der Waals surface area contributed by atoms with E-state index >= 15 is 0 Å². The Labute approximate surface area is 206 Å². The molecule has 0 radical (unpaired) electrons. The minimum absolute atomic E-state index is 0.0504. The van der Waals surface area contributed by atoms with E-state index in [0.717, 1.165) is 50.6 Å². The van der Waals surface area contributed by atoms with Crippen LogP contribution in [0.5, 0.6) is 0 Å². The lowest BCUT2D eigenvalue weighted by molar-refractivity contribution is -0.161. The van der Waals surface area contributed by atoms with Gasteiger partial charge in [0.05, 0.1) is 35.5 Å². The molecule has 3 N–H and O–H groups in total. The summed E-state index contributed by atoms with van der Waals surface area (Å²) in [7, 11) is 1.07. The number of methoxy groups -OCH3 is 1. The van der Waals surface area contributed by atoms with Gasteiger partial charge in [0.25, 0.3) is 11.5 Å². The number of aromatic nitrogens is 3. The van der Waals surface area contributed by atoms with Gasteiger partial charge in [-0.2, -0.15) is 9.78 Å². The molecule has 35 heavy (non-hydrogen) atoms. The van der Waals surface area contributed by atoms with E-state index in [4.69, 9.17) is 11.6 Å². The van der Waals surface area contributed by atoms with Crippen molar-refractivity contribution in [1.82, 2.24) is 19.7 Å². The Hall–Kier alpha value is -3.02. The lowest BCUT2D eigenvalue weighted by atomic mass is 9.94. The first-order valence-corrected chi connectivity index (χ1v) is 11.7. The van der Waals surface area contributed by atoms with Gasteiger partial charge in [0.1, 0.15) is 6.20 Å². The van der Waals surface area contributed by atoms with Crippen LogP contribution in [0.3, 0.4) is 0 Å². The summed E-state index contributed by atoms with van der Waals surface area (Å²) < 4.78 is 6.00. The second-order valence-corrected chi connectivity index (χ2v) is 9.42. The van der Waals surface area contributed by atoms with Gasteiger partial charge in [0.15, 0.2) is 5.60 Å². The van der Waals surface area contributed by atoms with E-state index in [1.165, 1.54) is 18.2 Å². The Kier molecular flexibility index (Phi) is 8.14. The minimum Gasteiger partial charge on any atom is -0.467 e. The fourth-order valence-electron chi connectivity index (χ4n) is 4.07. The Morgan fingerprint density at radius 2 is 1.89 bits per heavy atom. The first-order chi connectivity index (χ1) is 16.5. The first-order valence-electron chi connectivity index (χ1n) is 11.3. The molecule has 1 unspecified atom stereocenters. The molecule has 11 nitrogen and oxygen atoms in total. The standard InChI is InChI=1S/C23H29ClN4O7/c1-22(33,20(31)35-2)14-27-18(29)12-26-28(21(27)32)15-7-8-17(24)16(11-15)19(30)25-13-23(34)9-5-3-4-6-10-23/h7-8,11-12,33-34H,3-6,9-10,13-14H2,1-2H3,(H,25,30). The second-order valence-electron chi connectivity index (χ2n) is 9.01. The fraction of sp³-hybridized carbons (Fsp3) is 0.522. The van der Waals surface area contributed by atoms with E-state index in [9.17, 15) is 29.4 Å². The molecular formula is C23H29ClN4O7. The highest BCUT2D eigenvalue weighted by Crippen LogP contribution is 2.27. The van der Waals surface area contributed by atoms with Crippen molar-refractivity contribution in [3.63, 3.8) is 0 Å². The number of nitrogens with zero attached hydrogens (tertiary/aromatic N) is 3. The number of rotatable bonds is 7. The number of nitrogens with one attached hydrogen (secondary N) is 1. The normalized spacial score (nSPS) is 17.2. The molecule has 12 heteroatoms. The lowest BCUT2D eigenvalue weighted by Gasteiger charge is -2.27. The third kappa shape index (κ3) is 6.16. The summed E-state index contributed by atoms with van der Waals surface area (Å²) in [6.45, 7) is 0.514. The highest BCUT2D eigenvalue weighted by atomic mass is 35.5. The molecule has 0 spiro atoms. The van der Waals surface area contributed by atoms with Crippen LogP contribution in [-0.4, -0.2) is 61.3 Å². The number of benzene rings is 1. The Morgan fingerprint density at radius 3 is 2.51 bits per heavy atom. The molecule has 0 aliphatic heterocycles. The van der Waals surface area contributed by atoms with Crippen LogP contribution in [0.4, 0.5) is 0 Å². The van der Waals surface area contributed by atoms with Crippen molar-refractivity contribution in [3.05, 3.63) is 55.8 Å². The molecule has 1 atom stereocenters. The lowest BCUT2D eigenvalue weighted by Crippen LogP contribution is -2.49. The molecule has 2 aromatic rings.